The van der Waals surface area contributed by atoms with Crippen molar-refractivity contribution in [1.29, 1.82) is 0 Å². The molecule has 0 atom stereocenters. The maximum Gasteiger partial charge on any atom is 0.416 e. The molecule has 0 radical (unpaired) electrons. The van der Waals surface area contributed by atoms with E-state index in [1.165, 1.54) is 11.1 Å². The van der Waals surface area contributed by atoms with Gasteiger partial charge in [-0.1, -0.05) is 42.0 Å². The average molecular weight is 274 g/mol. The fraction of sp³-hybridized carbons (Fsp3) is 0.176. The monoisotopic (exact) mass is 274 g/mol. The van der Waals surface area contributed by atoms with Gasteiger partial charge in [-0.3, -0.25) is 0 Å². The predicted octanol–water partition coefficient (Wildman–Crippen LogP) is 5.33. The standard InChI is InChI=1S/C17H13F3/c1-11-9-13-3-2-4-15(16(13)10-11)12-5-7-14(8-6-12)17(18,19)20/h2-8,10H,9H2,1H3. The van der Waals surface area contributed by atoms with Gasteiger partial charge in [0.2, 0.25) is 0 Å². The van der Waals surface area contributed by atoms with Crippen molar-refractivity contribution in [2.24, 2.45) is 0 Å². The largest absolute Gasteiger partial charge is 0.416 e. The second kappa shape index (κ2) is 4.51. The van der Waals surface area contributed by atoms with Crippen LogP contribution in [0.2, 0.25) is 0 Å². The molecule has 3 rings (SSSR count). The molecular weight excluding hydrogens is 261 g/mol. The summed E-state index contributed by atoms with van der Waals surface area (Å²) in [6.07, 6.45) is -1.25. The van der Waals surface area contributed by atoms with E-state index in [1.807, 2.05) is 12.1 Å². The molecule has 102 valence electrons. The number of rotatable bonds is 1. The molecule has 2 aromatic rings. The summed E-state index contributed by atoms with van der Waals surface area (Å²) in [5.74, 6) is 0. The number of hydrogen-bond donors (Lipinski definition) is 0. The lowest BCUT2D eigenvalue weighted by molar-refractivity contribution is -0.137. The Hall–Kier alpha value is -2.03. The Balaban J connectivity index is 2.05. The summed E-state index contributed by atoms with van der Waals surface area (Å²) in [6.45, 7) is 2.07. The summed E-state index contributed by atoms with van der Waals surface area (Å²) in [5, 5.41) is 0. The summed E-state index contributed by atoms with van der Waals surface area (Å²) in [5.41, 5.74) is 4.85. The van der Waals surface area contributed by atoms with E-state index in [-0.39, 0.29) is 0 Å². The molecule has 0 amide bonds. The molecule has 2 aromatic carbocycles. The van der Waals surface area contributed by atoms with E-state index in [0.717, 1.165) is 35.2 Å². The molecule has 0 fully saturated rings. The van der Waals surface area contributed by atoms with Crippen molar-refractivity contribution in [3.8, 4) is 11.1 Å². The van der Waals surface area contributed by atoms with Crippen LogP contribution in [-0.2, 0) is 12.6 Å². The maximum absolute atomic E-state index is 12.6. The summed E-state index contributed by atoms with van der Waals surface area (Å²) in [4.78, 5) is 0. The lowest BCUT2D eigenvalue weighted by Gasteiger charge is -2.10. The van der Waals surface area contributed by atoms with Crippen molar-refractivity contribution >= 4 is 6.08 Å². The summed E-state index contributed by atoms with van der Waals surface area (Å²) in [6, 6.07) is 11.3. The normalized spacial score (nSPS) is 14.1. The first kappa shape index (κ1) is 13.0. The smallest absolute Gasteiger partial charge is 0.166 e. The van der Waals surface area contributed by atoms with Gasteiger partial charge in [-0.05, 0) is 47.7 Å². The average Bonchev–Trinajstić information content (AvgIpc) is 2.78. The van der Waals surface area contributed by atoms with Crippen LogP contribution in [-0.4, -0.2) is 0 Å². The van der Waals surface area contributed by atoms with Crippen molar-refractivity contribution in [3.05, 3.63) is 64.7 Å². The highest BCUT2D eigenvalue weighted by Gasteiger charge is 2.30. The third kappa shape index (κ3) is 2.24. The van der Waals surface area contributed by atoms with E-state index in [0.29, 0.717) is 0 Å². The van der Waals surface area contributed by atoms with Crippen molar-refractivity contribution < 1.29 is 13.2 Å². The lowest BCUT2D eigenvalue weighted by atomic mass is 9.96. The molecule has 3 heteroatoms. The van der Waals surface area contributed by atoms with Crippen LogP contribution in [0.1, 0.15) is 23.6 Å². The van der Waals surface area contributed by atoms with E-state index in [9.17, 15) is 13.2 Å². The second-order valence-electron chi connectivity index (χ2n) is 5.12. The van der Waals surface area contributed by atoms with Crippen LogP contribution in [0.15, 0.2) is 48.0 Å². The number of halogens is 3. The minimum atomic E-state index is -4.28. The molecule has 0 bridgehead atoms. The number of fused-ring (bicyclic) bond motifs is 1. The van der Waals surface area contributed by atoms with E-state index in [2.05, 4.69) is 19.1 Å². The molecular formula is C17H13F3. The highest BCUT2D eigenvalue weighted by molar-refractivity contribution is 5.80. The minimum Gasteiger partial charge on any atom is -0.166 e. The highest BCUT2D eigenvalue weighted by Crippen LogP contribution is 2.35. The summed E-state index contributed by atoms with van der Waals surface area (Å²) < 4.78 is 37.8. The fourth-order valence-corrected chi connectivity index (χ4v) is 2.63. The number of alkyl halides is 3. The van der Waals surface area contributed by atoms with Crippen LogP contribution in [0.4, 0.5) is 13.2 Å². The third-order valence-corrected chi connectivity index (χ3v) is 3.58. The van der Waals surface area contributed by atoms with E-state index >= 15 is 0 Å². The molecule has 0 saturated carbocycles. The van der Waals surface area contributed by atoms with E-state index in [4.69, 9.17) is 0 Å². The SMILES string of the molecule is CC1=Cc2c(cccc2-c2ccc(C(F)(F)F)cc2)C1. The molecule has 0 aromatic heterocycles. The zero-order valence-corrected chi connectivity index (χ0v) is 11.0. The number of allylic oxidation sites excluding steroid dienone is 1. The predicted molar refractivity (Wildman–Crippen MR) is 74.2 cm³/mol. The molecule has 0 spiro atoms. The Kier molecular flexibility index (Phi) is 2.93. The van der Waals surface area contributed by atoms with Gasteiger partial charge in [0.25, 0.3) is 0 Å². The molecule has 0 nitrogen and oxygen atoms in total. The van der Waals surface area contributed by atoms with Gasteiger partial charge in [-0.25, -0.2) is 0 Å². The quantitative estimate of drug-likeness (QED) is 0.659. The van der Waals surface area contributed by atoms with Gasteiger partial charge >= 0.3 is 6.18 Å². The second-order valence-corrected chi connectivity index (χ2v) is 5.12. The Labute approximate surface area is 115 Å². The van der Waals surface area contributed by atoms with Crippen LogP contribution in [0, 0.1) is 0 Å². The molecule has 20 heavy (non-hydrogen) atoms. The Morgan fingerprint density at radius 2 is 1.65 bits per heavy atom. The lowest BCUT2D eigenvalue weighted by Crippen LogP contribution is -2.04. The minimum absolute atomic E-state index is 0.611. The van der Waals surface area contributed by atoms with E-state index < -0.39 is 11.7 Å². The van der Waals surface area contributed by atoms with Gasteiger partial charge in [0.05, 0.1) is 5.56 Å². The first-order valence-corrected chi connectivity index (χ1v) is 6.42. The van der Waals surface area contributed by atoms with Crippen LogP contribution in [0.5, 0.6) is 0 Å². The first-order valence-electron chi connectivity index (χ1n) is 6.42. The number of benzene rings is 2. The van der Waals surface area contributed by atoms with Crippen LogP contribution < -0.4 is 0 Å². The molecule has 0 N–H and O–H groups in total. The first-order chi connectivity index (χ1) is 9.45. The third-order valence-electron chi connectivity index (χ3n) is 3.58. The Bertz CT molecular complexity index is 676. The molecule has 1 aliphatic carbocycles. The van der Waals surface area contributed by atoms with Crippen LogP contribution >= 0.6 is 0 Å². The van der Waals surface area contributed by atoms with Crippen LogP contribution in [0.3, 0.4) is 0 Å². The zero-order valence-electron chi connectivity index (χ0n) is 11.0. The Morgan fingerprint density at radius 3 is 2.30 bits per heavy atom. The van der Waals surface area contributed by atoms with Crippen molar-refractivity contribution in [2.75, 3.05) is 0 Å². The highest BCUT2D eigenvalue weighted by atomic mass is 19.4. The van der Waals surface area contributed by atoms with Crippen LogP contribution in [0.25, 0.3) is 17.2 Å². The van der Waals surface area contributed by atoms with Gasteiger partial charge in [0.15, 0.2) is 0 Å². The summed E-state index contributed by atoms with van der Waals surface area (Å²) >= 11 is 0. The molecule has 0 aliphatic heterocycles. The molecule has 0 heterocycles. The number of hydrogen-bond acceptors (Lipinski definition) is 0. The van der Waals surface area contributed by atoms with Crippen molar-refractivity contribution in [2.45, 2.75) is 19.5 Å². The van der Waals surface area contributed by atoms with Gasteiger partial charge in [0.1, 0.15) is 0 Å². The zero-order chi connectivity index (χ0) is 14.3. The molecule has 1 aliphatic rings. The van der Waals surface area contributed by atoms with Crippen molar-refractivity contribution in [1.82, 2.24) is 0 Å². The maximum atomic E-state index is 12.6. The fourth-order valence-electron chi connectivity index (χ4n) is 2.63. The Morgan fingerprint density at radius 1 is 0.950 bits per heavy atom. The van der Waals surface area contributed by atoms with E-state index in [1.54, 1.807) is 12.1 Å². The van der Waals surface area contributed by atoms with Gasteiger partial charge in [0, 0.05) is 0 Å². The van der Waals surface area contributed by atoms with Gasteiger partial charge < -0.3 is 0 Å². The van der Waals surface area contributed by atoms with Gasteiger partial charge in [-0.2, -0.15) is 13.2 Å². The van der Waals surface area contributed by atoms with Gasteiger partial charge in [-0.15, -0.1) is 0 Å². The molecule has 0 unspecified atom stereocenters. The van der Waals surface area contributed by atoms with Crippen molar-refractivity contribution in [3.63, 3.8) is 0 Å². The topological polar surface area (TPSA) is 0 Å². The summed E-state index contributed by atoms with van der Waals surface area (Å²) in [7, 11) is 0. The molecule has 0 saturated heterocycles.